The van der Waals surface area contributed by atoms with Crippen LogP contribution in [-0.2, 0) is 16.9 Å². The van der Waals surface area contributed by atoms with Gasteiger partial charge in [-0.15, -0.1) is 0 Å². The van der Waals surface area contributed by atoms with Crippen molar-refractivity contribution in [2.24, 2.45) is 11.8 Å². The third-order valence-corrected chi connectivity index (χ3v) is 8.20. The molecule has 4 aromatic heterocycles. The summed E-state index contributed by atoms with van der Waals surface area (Å²) in [5, 5.41) is 4.38. The molecule has 1 unspecified atom stereocenters. The number of fused-ring (bicyclic) bond motifs is 1. The number of H-pyrrole nitrogens is 1. The van der Waals surface area contributed by atoms with Gasteiger partial charge >= 0.3 is 5.76 Å². The number of imidazole rings is 1. The fourth-order valence-electron chi connectivity index (χ4n) is 5.67. The molecule has 1 aliphatic rings. The van der Waals surface area contributed by atoms with Gasteiger partial charge in [-0.3, -0.25) is 9.51 Å². The summed E-state index contributed by atoms with van der Waals surface area (Å²) in [7, 11) is 1.63. The highest BCUT2D eigenvalue weighted by molar-refractivity contribution is 6.30. The number of benzene rings is 1. The fourth-order valence-corrected chi connectivity index (χ4v) is 5.87. The molecule has 0 saturated heterocycles. The van der Waals surface area contributed by atoms with E-state index >= 15 is 0 Å². The van der Waals surface area contributed by atoms with Crippen molar-refractivity contribution in [3.05, 3.63) is 63.5 Å². The quantitative estimate of drug-likeness (QED) is 0.271. The molecule has 40 heavy (non-hydrogen) atoms. The topological polar surface area (TPSA) is 138 Å². The van der Waals surface area contributed by atoms with Gasteiger partial charge in [0.05, 0.1) is 0 Å². The Bertz CT molecular complexity index is 1730. The number of halogens is 1. The number of ether oxygens (including phenoxy) is 1. The molecule has 1 aromatic carbocycles. The number of hydrogen-bond acceptors (Lipinski definition) is 9. The van der Waals surface area contributed by atoms with Gasteiger partial charge < -0.3 is 13.7 Å². The van der Waals surface area contributed by atoms with Gasteiger partial charge in [0.2, 0.25) is 11.6 Å². The van der Waals surface area contributed by atoms with E-state index in [-0.39, 0.29) is 11.6 Å². The van der Waals surface area contributed by atoms with Gasteiger partial charge in [-0.05, 0) is 50.7 Å². The predicted molar refractivity (Wildman–Crippen MR) is 148 cm³/mol. The Morgan fingerprint density at radius 3 is 2.65 bits per heavy atom. The minimum absolute atomic E-state index is 0.106. The maximum absolute atomic E-state index is 11.8. The van der Waals surface area contributed by atoms with Gasteiger partial charge in [-0.1, -0.05) is 48.7 Å². The molecule has 1 saturated carbocycles. The van der Waals surface area contributed by atoms with Crippen molar-refractivity contribution in [2.45, 2.75) is 58.6 Å². The van der Waals surface area contributed by atoms with Gasteiger partial charge in [0.25, 0.3) is 0 Å². The van der Waals surface area contributed by atoms with Crippen molar-refractivity contribution < 1.29 is 13.7 Å². The average Bonchev–Trinajstić information content (AvgIpc) is 3.68. The van der Waals surface area contributed by atoms with Gasteiger partial charge in [-0.2, -0.15) is 0 Å². The Morgan fingerprint density at radius 2 is 2.00 bits per heavy atom. The molecule has 1 N–H and O–H groups in total. The van der Waals surface area contributed by atoms with Crippen molar-refractivity contribution in [1.29, 1.82) is 0 Å². The van der Waals surface area contributed by atoms with Crippen LogP contribution in [0, 0.1) is 18.8 Å². The largest absolute Gasteiger partial charge is 0.448 e. The Kier molecular flexibility index (Phi) is 6.79. The van der Waals surface area contributed by atoms with Crippen LogP contribution in [0.2, 0.25) is 5.02 Å². The lowest BCUT2D eigenvalue weighted by Crippen LogP contribution is -2.32. The average molecular weight is 564 g/mol. The van der Waals surface area contributed by atoms with E-state index < -0.39 is 11.4 Å². The SMILES string of the molecule is COC(C)(c1ncoc1C)c1nc2nc(-c3noc(=O)[nH]3)nc(-c3cccc(Cl)c3)c2n1C[C@H]1CC[C@H](C)CC1. The zero-order valence-corrected chi connectivity index (χ0v) is 23.5. The minimum Gasteiger partial charge on any atom is -0.448 e. The van der Waals surface area contributed by atoms with Crippen LogP contribution in [0.5, 0.6) is 0 Å². The summed E-state index contributed by atoms with van der Waals surface area (Å²) in [4.78, 5) is 33.5. The molecule has 0 amide bonds. The summed E-state index contributed by atoms with van der Waals surface area (Å²) < 4.78 is 18.6. The smallest absolute Gasteiger partial charge is 0.439 e. The van der Waals surface area contributed by atoms with Gasteiger partial charge in [0.1, 0.15) is 28.5 Å². The van der Waals surface area contributed by atoms with Crippen molar-refractivity contribution in [3.63, 3.8) is 0 Å². The third-order valence-electron chi connectivity index (χ3n) is 7.96. The Labute approximate surface area is 235 Å². The van der Waals surface area contributed by atoms with Crippen LogP contribution in [0.4, 0.5) is 0 Å². The number of rotatable bonds is 7. The maximum atomic E-state index is 11.8. The van der Waals surface area contributed by atoms with Crippen LogP contribution in [-0.4, -0.2) is 41.8 Å². The van der Waals surface area contributed by atoms with Crippen LogP contribution in [0.1, 0.15) is 56.8 Å². The number of oxazole rings is 1. The second-order valence-corrected chi connectivity index (χ2v) is 11.1. The predicted octanol–water partition coefficient (Wildman–Crippen LogP) is 5.52. The highest BCUT2D eigenvalue weighted by atomic mass is 35.5. The Hall–Kier alpha value is -3.83. The first kappa shape index (κ1) is 26.4. The molecule has 12 heteroatoms. The van der Waals surface area contributed by atoms with Crippen LogP contribution in [0.15, 0.2) is 44.4 Å². The molecule has 4 heterocycles. The molecular formula is C28H30ClN7O4. The molecule has 1 aliphatic carbocycles. The van der Waals surface area contributed by atoms with E-state index in [1.54, 1.807) is 13.2 Å². The lowest BCUT2D eigenvalue weighted by Gasteiger charge is -2.31. The highest BCUT2D eigenvalue weighted by Gasteiger charge is 2.40. The summed E-state index contributed by atoms with van der Waals surface area (Å²) in [6.45, 7) is 6.79. The molecule has 0 spiro atoms. The van der Waals surface area contributed by atoms with Crippen LogP contribution in [0.3, 0.4) is 0 Å². The zero-order valence-electron chi connectivity index (χ0n) is 22.8. The Morgan fingerprint density at radius 1 is 1.20 bits per heavy atom. The number of hydrogen-bond donors (Lipinski definition) is 1. The van der Waals surface area contributed by atoms with E-state index in [1.165, 1.54) is 19.2 Å². The molecule has 5 aromatic rings. The normalized spacial score (nSPS) is 19.2. The second kappa shape index (κ2) is 10.3. The van der Waals surface area contributed by atoms with E-state index in [4.69, 9.17) is 40.2 Å². The first-order valence-electron chi connectivity index (χ1n) is 13.3. The Balaban J connectivity index is 1.65. The minimum atomic E-state index is -1.05. The summed E-state index contributed by atoms with van der Waals surface area (Å²) in [5.74, 6) is 2.00. The molecule has 208 valence electrons. The zero-order chi connectivity index (χ0) is 28.0. The number of methoxy groups -OCH3 is 1. The molecule has 0 radical (unpaired) electrons. The molecule has 0 bridgehead atoms. The summed E-state index contributed by atoms with van der Waals surface area (Å²) in [6, 6.07) is 7.45. The van der Waals surface area contributed by atoms with Crippen LogP contribution >= 0.6 is 11.6 Å². The van der Waals surface area contributed by atoms with Gasteiger partial charge in [-0.25, -0.2) is 24.7 Å². The second-order valence-electron chi connectivity index (χ2n) is 10.7. The monoisotopic (exact) mass is 563 g/mol. The van der Waals surface area contributed by atoms with E-state index in [1.807, 2.05) is 32.0 Å². The van der Waals surface area contributed by atoms with Crippen molar-refractivity contribution in [1.82, 2.24) is 34.6 Å². The summed E-state index contributed by atoms with van der Waals surface area (Å²) >= 11 is 6.42. The van der Waals surface area contributed by atoms with E-state index in [0.29, 0.717) is 46.1 Å². The summed E-state index contributed by atoms with van der Waals surface area (Å²) in [5.41, 5.74) is 2.11. The molecule has 0 aliphatic heterocycles. The van der Waals surface area contributed by atoms with E-state index in [0.717, 1.165) is 29.8 Å². The van der Waals surface area contributed by atoms with Gasteiger partial charge in [0, 0.05) is 24.2 Å². The standard InChI is InChI=1S/C28H30ClN7O4/c1-15-8-10-17(11-9-15)13-36-21-20(18-6-5-7-19(29)12-18)31-24(25-34-27(37)40-35-25)32-23(21)33-26(36)28(3,38-4)22-16(2)39-14-30-22/h5-7,12,14-15,17H,8-11,13H2,1-4H3,(H,34,35,37)/t15-,17-,28?. The van der Waals surface area contributed by atoms with Crippen LogP contribution in [0.25, 0.3) is 34.1 Å². The molecule has 6 rings (SSSR count). The molecule has 11 nitrogen and oxygen atoms in total. The first-order chi connectivity index (χ1) is 19.3. The molecule has 1 fully saturated rings. The number of aromatic amines is 1. The first-order valence-corrected chi connectivity index (χ1v) is 13.7. The van der Waals surface area contributed by atoms with E-state index in [2.05, 4.69) is 26.6 Å². The van der Waals surface area contributed by atoms with Gasteiger partial charge in [0.15, 0.2) is 17.6 Å². The van der Waals surface area contributed by atoms with Crippen molar-refractivity contribution in [2.75, 3.05) is 7.11 Å². The number of aryl methyl sites for hydroxylation is 1. The fraction of sp³-hybridized carbons (Fsp3) is 0.429. The van der Waals surface area contributed by atoms with Crippen LogP contribution < -0.4 is 5.76 Å². The molecule has 1 atom stereocenters. The van der Waals surface area contributed by atoms with E-state index in [9.17, 15) is 4.79 Å². The van der Waals surface area contributed by atoms with Crippen molar-refractivity contribution >= 4 is 22.8 Å². The lowest BCUT2D eigenvalue weighted by atomic mass is 9.83. The third kappa shape index (κ3) is 4.62. The summed E-state index contributed by atoms with van der Waals surface area (Å²) in [6.07, 6.45) is 5.99. The highest BCUT2D eigenvalue weighted by Crippen LogP contribution is 2.40. The van der Waals surface area contributed by atoms with Crippen molar-refractivity contribution in [3.8, 4) is 22.9 Å². The lowest BCUT2D eigenvalue weighted by molar-refractivity contribution is 0.0234. The number of nitrogens with zero attached hydrogens (tertiary/aromatic N) is 6. The number of nitrogens with one attached hydrogen (secondary N) is 1. The molecular weight excluding hydrogens is 534 g/mol. The maximum Gasteiger partial charge on any atom is 0.439 e. The number of aromatic nitrogens is 7.